The second-order valence-corrected chi connectivity index (χ2v) is 5.84. The van der Waals surface area contributed by atoms with Crippen molar-refractivity contribution in [2.75, 3.05) is 0 Å². The lowest BCUT2D eigenvalue weighted by atomic mass is 9.88. The molecule has 0 aliphatic rings. The highest BCUT2D eigenvalue weighted by Gasteiger charge is 2.20. The lowest BCUT2D eigenvalue weighted by Gasteiger charge is -2.16. The summed E-state index contributed by atoms with van der Waals surface area (Å²) in [5.74, 6) is 3.79. The first kappa shape index (κ1) is 16.9. The fourth-order valence-corrected chi connectivity index (χ4v) is 2.79. The fourth-order valence-electron chi connectivity index (χ4n) is 2.66. The van der Waals surface area contributed by atoms with Gasteiger partial charge in [0.15, 0.2) is 0 Å². The number of carbonyl (C=O) groups excluding carboxylic acids is 1. The van der Waals surface area contributed by atoms with Crippen LogP contribution in [0.1, 0.15) is 23.5 Å². The van der Waals surface area contributed by atoms with Gasteiger partial charge in [0.2, 0.25) is 0 Å². The number of halogens is 1. The topological polar surface area (TPSA) is 123 Å². The van der Waals surface area contributed by atoms with Crippen LogP contribution in [0.4, 0.5) is 4.79 Å². The Bertz CT molecular complexity index is 939. The molecule has 0 spiro atoms. The van der Waals surface area contributed by atoms with Crippen LogP contribution in [0.3, 0.4) is 0 Å². The van der Waals surface area contributed by atoms with Crippen LogP contribution in [0.15, 0.2) is 42.5 Å². The van der Waals surface area contributed by atoms with E-state index in [0.717, 1.165) is 10.2 Å². The number of hydrogen-bond donors (Lipinski definition) is 3. The van der Waals surface area contributed by atoms with Crippen LogP contribution >= 0.6 is 11.6 Å². The lowest BCUT2D eigenvalue weighted by Crippen LogP contribution is -2.34. The minimum atomic E-state index is -0.939. The molecule has 8 nitrogen and oxygen atoms in total. The summed E-state index contributed by atoms with van der Waals surface area (Å²) in [5, 5.41) is 17.5. The van der Waals surface area contributed by atoms with E-state index < -0.39 is 17.9 Å². The number of hydrazine groups is 1. The molecular weight excluding hydrogens is 346 g/mol. The number of nitrogens with zero attached hydrogens (tertiary/aromatic N) is 3. The van der Waals surface area contributed by atoms with Crippen molar-refractivity contribution in [3.63, 3.8) is 0 Å². The molecule has 0 fully saturated rings. The zero-order chi connectivity index (χ0) is 18.0. The summed E-state index contributed by atoms with van der Waals surface area (Å²) in [6.45, 7) is 0. The molecule has 3 aromatic rings. The zero-order valence-corrected chi connectivity index (χ0v) is 13.6. The third kappa shape index (κ3) is 3.44. The van der Waals surface area contributed by atoms with Crippen molar-refractivity contribution >= 4 is 34.6 Å². The van der Waals surface area contributed by atoms with Gasteiger partial charge in [-0.1, -0.05) is 35.0 Å². The molecule has 0 bridgehead atoms. The van der Waals surface area contributed by atoms with Crippen molar-refractivity contribution in [2.24, 2.45) is 5.84 Å². The largest absolute Gasteiger partial charge is 0.481 e. The van der Waals surface area contributed by atoms with Crippen LogP contribution in [-0.2, 0) is 4.79 Å². The van der Waals surface area contributed by atoms with E-state index in [4.69, 9.17) is 17.4 Å². The molecule has 0 saturated heterocycles. The van der Waals surface area contributed by atoms with Crippen LogP contribution in [0.2, 0.25) is 5.02 Å². The number of nitrogens with two attached hydrogens (primary N) is 1. The molecule has 1 aromatic heterocycles. The lowest BCUT2D eigenvalue weighted by molar-refractivity contribution is -0.137. The maximum Gasteiger partial charge on any atom is 0.358 e. The number of benzene rings is 2. The number of carboxylic acids is 1. The van der Waals surface area contributed by atoms with Gasteiger partial charge in [-0.25, -0.2) is 10.6 Å². The number of hydrogen-bond acceptors (Lipinski definition) is 5. The van der Waals surface area contributed by atoms with Crippen molar-refractivity contribution < 1.29 is 14.7 Å². The molecule has 1 heterocycles. The molecule has 1 amide bonds. The first-order valence-corrected chi connectivity index (χ1v) is 7.71. The molecule has 1 unspecified atom stereocenters. The van der Waals surface area contributed by atoms with E-state index >= 15 is 0 Å². The van der Waals surface area contributed by atoms with Gasteiger partial charge in [-0.2, -0.15) is 4.68 Å². The monoisotopic (exact) mass is 359 g/mol. The Morgan fingerprint density at radius 2 is 1.88 bits per heavy atom. The number of rotatable bonds is 4. The zero-order valence-electron chi connectivity index (χ0n) is 12.9. The van der Waals surface area contributed by atoms with Crippen molar-refractivity contribution in [2.45, 2.75) is 12.3 Å². The maximum absolute atomic E-state index is 11.8. The highest BCUT2D eigenvalue weighted by molar-refractivity contribution is 6.30. The fraction of sp³-hybridized carbons (Fsp3) is 0.125. The highest BCUT2D eigenvalue weighted by atomic mass is 35.5. The molecular formula is C16H14ClN5O3. The summed E-state index contributed by atoms with van der Waals surface area (Å²) >= 11 is 5.91. The van der Waals surface area contributed by atoms with Crippen LogP contribution in [0, 0.1) is 0 Å². The maximum atomic E-state index is 11.8. The Hall–Kier alpha value is -2.97. The minimum Gasteiger partial charge on any atom is -0.481 e. The molecule has 25 heavy (non-hydrogen) atoms. The number of carbonyl (C=O) groups is 2. The third-order valence-electron chi connectivity index (χ3n) is 3.84. The van der Waals surface area contributed by atoms with Crippen molar-refractivity contribution in [1.82, 2.24) is 20.4 Å². The number of nitrogen functional groups attached to an aromatic ring is 1. The van der Waals surface area contributed by atoms with Crippen molar-refractivity contribution in [3.05, 3.63) is 58.6 Å². The van der Waals surface area contributed by atoms with Gasteiger partial charge in [-0.3, -0.25) is 10.2 Å². The predicted molar refractivity (Wildman–Crippen MR) is 91.2 cm³/mol. The average Bonchev–Trinajstić information content (AvgIpc) is 3.03. The van der Waals surface area contributed by atoms with E-state index in [0.29, 0.717) is 21.6 Å². The predicted octanol–water partition coefficient (Wildman–Crippen LogP) is 2.12. The summed E-state index contributed by atoms with van der Waals surface area (Å²) in [6, 6.07) is 11.5. The van der Waals surface area contributed by atoms with Crippen LogP contribution in [0.5, 0.6) is 0 Å². The number of aliphatic carboxylic acids is 1. The van der Waals surface area contributed by atoms with Gasteiger partial charge in [-0.15, -0.1) is 5.10 Å². The van der Waals surface area contributed by atoms with Gasteiger partial charge in [0.1, 0.15) is 5.52 Å². The second-order valence-electron chi connectivity index (χ2n) is 5.40. The molecule has 1 atom stereocenters. The average molecular weight is 360 g/mol. The molecule has 0 radical (unpaired) electrons. The van der Waals surface area contributed by atoms with Crippen LogP contribution < -0.4 is 11.3 Å². The first-order chi connectivity index (χ1) is 12.0. The van der Waals surface area contributed by atoms with Gasteiger partial charge in [0.05, 0.1) is 11.9 Å². The van der Waals surface area contributed by atoms with E-state index in [1.54, 1.807) is 42.5 Å². The number of carboxylic acid groups (broad SMARTS) is 1. The Kier molecular flexibility index (Phi) is 4.64. The normalized spacial score (nSPS) is 12.1. The molecule has 4 N–H and O–H groups in total. The molecule has 3 rings (SSSR count). The van der Waals surface area contributed by atoms with Gasteiger partial charge in [-0.05, 0) is 35.4 Å². The van der Waals surface area contributed by atoms with Crippen molar-refractivity contribution in [3.8, 4) is 0 Å². The van der Waals surface area contributed by atoms with E-state index in [1.165, 1.54) is 0 Å². The van der Waals surface area contributed by atoms with Gasteiger partial charge in [0, 0.05) is 10.9 Å². The van der Waals surface area contributed by atoms with E-state index in [9.17, 15) is 14.7 Å². The van der Waals surface area contributed by atoms with Gasteiger partial charge in [0.25, 0.3) is 0 Å². The smallest absolute Gasteiger partial charge is 0.358 e. The SMILES string of the molecule is NNC(=O)n1nnc2ccc(C(CC(=O)O)c3ccc(Cl)cc3)cc21. The summed E-state index contributed by atoms with van der Waals surface area (Å²) in [4.78, 5) is 23.1. The summed E-state index contributed by atoms with van der Waals surface area (Å²) in [7, 11) is 0. The Labute approximate surface area is 147 Å². The van der Waals surface area contributed by atoms with Crippen molar-refractivity contribution in [1.29, 1.82) is 0 Å². The van der Waals surface area contributed by atoms with Crippen LogP contribution in [0.25, 0.3) is 11.0 Å². The van der Waals surface area contributed by atoms with E-state index in [2.05, 4.69) is 10.3 Å². The number of aromatic nitrogens is 3. The molecule has 0 saturated carbocycles. The quantitative estimate of drug-likeness (QED) is 0.372. The standard InChI is InChI=1S/C16H14ClN5O3/c17-11-4-1-9(2-5-11)12(8-15(23)24)10-3-6-13-14(7-10)22(21-20-13)16(25)19-18/h1-7,12H,8,18H2,(H,19,25)(H,23,24). The van der Waals surface area contributed by atoms with E-state index in [1.807, 2.05) is 5.43 Å². The number of nitrogens with one attached hydrogen (secondary N) is 1. The Morgan fingerprint density at radius 1 is 1.20 bits per heavy atom. The van der Waals surface area contributed by atoms with Gasteiger partial charge >= 0.3 is 12.0 Å². The Morgan fingerprint density at radius 3 is 2.52 bits per heavy atom. The molecule has 2 aromatic carbocycles. The Balaban J connectivity index is 2.10. The second kappa shape index (κ2) is 6.88. The molecule has 128 valence electrons. The minimum absolute atomic E-state index is 0.113. The molecule has 0 aliphatic carbocycles. The highest BCUT2D eigenvalue weighted by Crippen LogP contribution is 2.30. The van der Waals surface area contributed by atoms with Gasteiger partial charge < -0.3 is 5.11 Å². The van der Waals surface area contributed by atoms with Crippen LogP contribution in [-0.4, -0.2) is 32.1 Å². The summed E-state index contributed by atoms with van der Waals surface area (Å²) in [5.41, 5.74) is 4.44. The van der Waals surface area contributed by atoms with E-state index in [-0.39, 0.29) is 6.42 Å². The summed E-state index contributed by atoms with van der Waals surface area (Å²) in [6.07, 6.45) is -0.113. The molecule has 9 heteroatoms. The number of amides is 1. The molecule has 0 aliphatic heterocycles. The summed E-state index contributed by atoms with van der Waals surface area (Å²) < 4.78 is 1.03. The first-order valence-electron chi connectivity index (χ1n) is 7.33. The number of fused-ring (bicyclic) bond motifs is 1. The third-order valence-corrected chi connectivity index (χ3v) is 4.09.